The largest absolute Gasteiger partial charge is 0.496 e. The molecule has 0 radical (unpaired) electrons. The fourth-order valence-corrected chi connectivity index (χ4v) is 5.31. The van der Waals surface area contributed by atoms with Gasteiger partial charge in [0.05, 0.1) is 7.11 Å². The van der Waals surface area contributed by atoms with Gasteiger partial charge in [0.15, 0.2) is 11.6 Å². The molecule has 31 heavy (non-hydrogen) atoms. The molecule has 0 N–H and O–H groups in total. The Labute approximate surface area is 185 Å². The van der Waals surface area contributed by atoms with Crippen LogP contribution in [0.1, 0.15) is 36.3 Å². The van der Waals surface area contributed by atoms with E-state index in [1.807, 2.05) is 25.1 Å². The lowest BCUT2D eigenvalue weighted by Crippen LogP contribution is -2.34. The molecular weight excluding hydrogens is 419 g/mol. The number of nitrogens with zero attached hydrogens (tertiary/aromatic N) is 2. The highest BCUT2D eigenvalue weighted by Gasteiger charge is 2.52. The number of unbranched alkanes of at least 4 members (excludes halogenated alkanes) is 1. The van der Waals surface area contributed by atoms with E-state index in [0.29, 0.717) is 18.0 Å². The Morgan fingerprint density at radius 2 is 1.97 bits per heavy atom. The molecule has 2 heterocycles. The number of para-hydroxylation sites is 1. The van der Waals surface area contributed by atoms with Crippen LogP contribution in [0, 0.1) is 5.82 Å². The van der Waals surface area contributed by atoms with E-state index in [-0.39, 0.29) is 29.7 Å². The average Bonchev–Trinajstić information content (AvgIpc) is 3.32. The van der Waals surface area contributed by atoms with Crippen LogP contribution in [0.3, 0.4) is 0 Å². The van der Waals surface area contributed by atoms with Crippen molar-refractivity contribution in [3.8, 4) is 11.5 Å². The number of rotatable bonds is 8. The van der Waals surface area contributed by atoms with Crippen LogP contribution in [0.25, 0.3) is 0 Å². The minimum Gasteiger partial charge on any atom is -0.496 e. The van der Waals surface area contributed by atoms with Gasteiger partial charge in [0.25, 0.3) is 5.91 Å². The summed E-state index contributed by atoms with van der Waals surface area (Å²) in [6, 6.07) is 11.2. The van der Waals surface area contributed by atoms with Crippen molar-refractivity contribution in [3.05, 3.63) is 59.4 Å². The van der Waals surface area contributed by atoms with Gasteiger partial charge in [-0.2, -0.15) is 0 Å². The summed E-state index contributed by atoms with van der Waals surface area (Å²) in [5, 5.41) is -0.258. The topological polar surface area (TPSA) is 59.1 Å². The van der Waals surface area contributed by atoms with Gasteiger partial charge in [-0.3, -0.25) is 14.6 Å². The minimum atomic E-state index is -0.430. The zero-order valence-corrected chi connectivity index (χ0v) is 18.4. The molecule has 3 amide bonds. The molecule has 0 aliphatic carbocycles. The zero-order valence-electron chi connectivity index (χ0n) is 17.5. The molecule has 0 bridgehead atoms. The van der Waals surface area contributed by atoms with E-state index in [9.17, 15) is 14.0 Å². The van der Waals surface area contributed by atoms with Gasteiger partial charge in [0.1, 0.15) is 23.8 Å². The van der Waals surface area contributed by atoms with Crippen molar-refractivity contribution in [2.45, 2.75) is 37.8 Å². The van der Waals surface area contributed by atoms with Gasteiger partial charge in [-0.1, -0.05) is 31.5 Å². The van der Waals surface area contributed by atoms with E-state index in [0.717, 1.165) is 24.0 Å². The number of carbonyl (C=O) groups excluding carboxylic acids is 2. The summed E-state index contributed by atoms with van der Waals surface area (Å²) in [5.41, 5.74) is 1.63. The summed E-state index contributed by atoms with van der Waals surface area (Å²) in [6.45, 7) is 2.62. The third kappa shape index (κ3) is 4.08. The lowest BCUT2D eigenvalue weighted by atomic mass is 10.1. The first kappa shape index (κ1) is 21.5. The van der Waals surface area contributed by atoms with Crippen LogP contribution >= 0.6 is 11.8 Å². The van der Waals surface area contributed by atoms with Crippen LogP contribution in [0.2, 0.25) is 0 Å². The first-order valence-corrected chi connectivity index (χ1v) is 11.4. The highest BCUT2D eigenvalue weighted by molar-refractivity contribution is 7.99. The van der Waals surface area contributed by atoms with Gasteiger partial charge in [-0.05, 0) is 36.2 Å². The summed E-state index contributed by atoms with van der Waals surface area (Å²) in [5.74, 6) is 0.820. The van der Waals surface area contributed by atoms with Crippen molar-refractivity contribution >= 4 is 23.7 Å². The molecule has 0 saturated carbocycles. The van der Waals surface area contributed by atoms with Gasteiger partial charge in [0, 0.05) is 17.9 Å². The Kier molecular flexibility index (Phi) is 6.36. The van der Waals surface area contributed by atoms with Crippen molar-refractivity contribution in [3.63, 3.8) is 0 Å². The van der Waals surface area contributed by atoms with Gasteiger partial charge in [-0.25, -0.2) is 9.18 Å². The minimum absolute atomic E-state index is 0.106. The van der Waals surface area contributed by atoms with Crippen molar-refractivity contribution in [2.75, 3.05) is 19.4 Å². The van der Waals surface area contributed by atoms with Crippen molar-refractivity contribution in [2.24, 2.45) is 0 Å². The molecule has 2 aromatic rings. The molecule has 2 unspecified atom stereocenters. The molecule has 2 aromatic carbocycles. The third-order valence-corrected chi connectivity index (χ3v) is 6.87. The highest BCUT2D eigenvalue weighted by Crippen LogP contribution is 2.46. The normalized spacial score (nSPS) is 20.4. The maximum Gasteiger partial charge on any atom is 0.328 e. The fraction of sp³-hybridized carbons (Fsp3) is 0.391. The second kappa shape index (κ2) is 9.18. The molecule has 2 aliphatic rings. The number of thioether (sulfide) groups is 1. The van der Waals surface area contributed by atoms with E-state index >= 15 is 0 Å². The number of halogens is 1. The maximum absolute atomic E-state index is 13.9. The number of amides is 3. The molecule has 164 valence electrons. The molecule has 0 spiro atoms. The number of carbonyl (C=O) groups is 2. The predicted octanol–water partition coefficient (Wildman–Crippen LogP) is 4.59. The first-order valence-electron chi connectivity index (χ1n) is 10.3. The van der Waals surface area contributed by atoms with E-state index in [1.54, 1.807) is 42.0 Å². The first-order chi connectivity index (χ1) is 15.0. The summed E-state index contributed by atoms with van der Waals surface area (Å²) in [7, 11) is 1.57. The van der Waals surface area contributed by atoms with Gasteiger partial charge in [0.2, 0.25) is 0 Å². The Morgan fingerprint density at radius 3 is 2.71 bits per heavy atom. The second-order valence-electron chi connectivity index (χ2n) is 7.53. The molecule has 2 fully saturated rings. The number of hydrogen-bond acceptors (Lipinski definition) is 5. The molecule has 2 aliphatic heterocycles. The zero-order chi connectivity index (χ0) is 22.0. The van der Waals surface area contributed by atoms with E-state index in [1.165, 1.54) is 11.0 Å². The molecule has 0 aromatic heterocycles. The lowest BCUT2D eigenvalue weighted by Gasteiger charge is -2.24. The van der Waals surface area contributed by atoms with Crippen molar-refractivity contribution < 1.29 is 23.5 Å². The van der Waals surface area contributed by atoms with Crippen LogP contribution in [-0.4, -0.2) is 47.2 Å². The number of methoxy groups -OCH3 is 1. The quantitative estimate of drug-likeness (QED) is 0.558. The molecular formula is C23H25FN2O4S. The predicted molar refractivity (Wildman–Crippen MR) is 117 cm³/mol. The van der Waals surface area contributed by atoms with Crippen molar-refractivity contribution in [1.29, 1.82) is 0 Å². The third-order valence-electron chi connectivity index (χ3n) is 5.55. The van der Waals surface area contributed by atoms with Crippen LogP contribution in [0.5, 0.6) is 11.5 Å². The van der Waals surface area contributed by atoms with Gasteiger partial charge in [-0.15, -0.1) is 11.8 Å². The van der Waals surface area contributed by atoms with Crippen molar-refractivity contribution in [1.82, 2.24) is 9.80 Å². The number of ether oxygens (including phenoxy) is 2. The second-order valence-corrected chi connectivity index (χ2v) is 8.64. The number of urea groups is 1. The molecule has 2 atom stereocenters. The Morgan fingerprint density at radius 1 is 1.16 bits per heavy atom. The summed E-state index contributed by atoms with van der Waals surface area (Å²) in [6.07, 6.45) is 1.72. The van der Waals surface area contributed by atoms with Crippen LogP contribution in [0.15, 0.2) is 42.5 Å². The van der Waals surface area contributed by atoms with Gasteiger partial charge >= 0.3 is 6.03 Å². The number of hydrogen-bond donors (Lipinski definition) is 0. The van der Waals surface area contributed by atoms with E-state index in [4.69, 9.17) is 9.47 Å². The Bertz CT molecular complexity index is 986. The van der Waals surface area contributed by atoms with Crippen LogP contribution < -0.4 is 9.47 Å². The van der Waals surface area contributed by atoms with Gasteiger partial charge < -0.3 is 9.47 Å². The number of benzene rings is 2. The van der Waals surface area contributed by atoms with Crippen LogP contribution in [-0.2, 0) is 11.4 Å². The summed E-state index contributed by atoms with van der Waals surface area (Å²) >= 11 is 1.58. The van der Waals surface area contributed by atoms with Crippen LogP contribution in [0.4, 0.5) is 9.18 Å². The Hall–Kier alpha value is -2.74. The number of imide groups is 1. The average molecular weight is 445 g/mol. The monoisotopic (exact) mass is 444 g/mol. The summed E-state index contributed by atoms with van der Waals surface area (Å²) < 4.78 is 25.0. The molecule has 2 saturated heterocycles. The standard InChI is InChI=1S/C23H25FN2O4S/c1-3-4-11-25-21(27)18-14-31-22(26(18)23(25)28)15-9-10-19(29-2)16(12-15)13-30-20-8-6-5-7-17(20)24/h5-10,12,18,22H,3-4,11,13-14H2,1-2H3. The number of fused-ring (bicyclic) bond motifs is 1. The van der Waals surface area contributed by atoms with E-state index in [2.05, 4.69) is 0 Å². The Balaban J connectivity index is 1.56. The summed E-state index contributed by atoms with van der Waals surface area (Å²) in [4.78, 5) is 28.8. The SMILES string of the molecule is CCCCN1C(=O)C2CSC(c3ccc(OC)c(COc4ccccc4F)c3)N2C1=O. The van der Waals surface area contributed by atoms with E-state index < -0.39 is 11.9 Å². The molecule has 6 nitrogen and oxygen atoms in total. The highest BCUT2D eigenvalue weighted by atomic mass is 32.2. The molecule has 4 rings (SSSR count). The smallest absolute Gasteiger partial charge is 0.328 e. The lowest BCUT2D eigenvalue weighted by molar-refractivity contribution is -0.127. The molecule has 8 heteroatoms. The fourth-order valence-electron chi connectivity index (χ4n) is 3.90. The maximum atomic E-state index is 13.9.